The Balaban J connectivity index is 1.82. The van der Waals surface area contributed by atoms with Crippen molar-refractivity contribution in [3.05, 3.63) is 29.8 Å². The van der Waals surface area contributed by atoms with E-state index in [2.05, 4.69) is 11.9 Å². The average Bonchev–Trinajstić information content (AvgIpc) is 3.05. The molecule has 0 unspecified atom stereocenters. The Morgan fingerprint density at radius 1 is 1.26 bits per heavy atom. The molecule has 2 saturated heterocycles. The van der Waals surface area contributed by atoms with Gasteiger partial charge in [-0.25, -0.2) is 8.42 Å². The zero-order chi connectivity index (χ0) is 16.7. The molecule has 23 heavy (non-hydrogen) atoms. The van der Waals surface area contributed by atoms with Gasteiger partial charge >= 0.3 is 0 Å². The van der Waals surface area contributed by atoms with Crippen LogP contribution in [0.5, 0.6) is 0 Å². The van der Waals surface area contributed by atoms with Gasteiger partial charge in [-0.05, 0) is 32.5 Å². The van der Waals surface area contributed by atoms with Gasteiger partial charge in [-0.1, -0.05) is 17.7 Å². The van der Waals surface area contributed by atoms with Crippen molar-refractivity contribution in [2.45, 2.75) is 18.2 Å². The fourth-order valence-electron chi connectivity index (χ4n) is 4.12. The molecule has 2 fully saturated rings. The molecule has 0 aromatic heterocycles. The minimum absolute atomic E-state index is 0.0303. The predicted molar refractivity (Wildman–Crippen MR) is 89.9 cm³/mol. The van der Waals surface area contributed by atoms with Crippen LogP contribution in [-0.4, -0.2) is 64.6 Å². The van der Waals surface area contributed by atoms with Gasteiger partial charge in [-0.2, -0.15) is 4.31 Å². The molecule has 0 saturated carbocycles. The number of ether oxygens (including phenoxy) is 1. The van der Waals surface area contributed by atoms with Crippen LogP contribution in [0, 0.1) is 18.3 Å². The van der Waals surface area contributed by atoms with E-state index < -0.39 is 10.0 Å². The Labute approximate surface area is 139 Å². The number of benzene rings is 1. The van der Waals surface area contributed by atoms with E-state index in [1.165, 1.54) is 0 Å². The van der Waals surface area contributed by atoms with Crippen LogP contribution in [0.4, 0.5) is 0 Å². The van der Waals surface area contributed by atoms with Crippen molar-refractivity contribution in [1.82, 2.24) is 9.21 Å². The highest BCUT2D eigenvalue weighted by atomic mass is 32.2. The van der Waals surface area contributed by atoms with Crippen LogP contribution in [-0.2, 0) is 14.8 Å². The topological polar surface area (TPSA) is 49.9 Å². The number of hydrogen-bond donors (Lipinski definition) is 0. The fourth-order valence-corrected chi connectivity index (χ4v) is 5.65. The van der Waals surface area contributed by atoms with Crippen molar-refractivity contribution >= 4 is 10.0 Å². The zero-order valence-electron chi connectivity index (χ0n) is 14.2. The molecule has 1 aromatic rings. The first-order chi connectivity index (χ1) is 10.9. The third-order valence-corrected chi connectivity index (χ3v) is 7.22. The molecule has 0 aliphatic carbocycles. The Kier molecular flexibility index (Phi) is 4.53. The van der Waals surface area contributed by atoms with Gasteiger partial charge < -0.3 is 9.64 Å². The van der Waals surface area contributed by atoms with Crippen molar-refractivity contribution in [2.24, 2.45) is 11.3 Å². The summed E-state index contributed by atoms with van der Waals surface area (Å²) in [6, 6.07) is 7.14. The smallest absolute Gasteiger partial charge is 0.243 e. The number of rotatable bonds is 4. The number of sulfonamides is 1. The molecule has 0 bridgehead atoms. The molecular formula is C17H26N2O3S. The van der Waals surface area contributed by atoms with Crippen molar-refractivity contribution in [2.75, 3.05) is 46.9 Å². The predicted octanol–water partition coefficient (Wildman–Crippen LogP) is 1.58. The molecule has 0 N–H and O–H groups in total. The molecule has 0 amide bonds. The number of methoxy groups -OCH3 is 1. The lowest BCUT2D eigenvalue weighted by atomic mass is 9.78. The van der Waals surface area contributed by atoms with Gasteiger partial charge in [0.15, 0.2) is 0 Å². The van der Waals surface area contributed by atoms with Crippen LogP contribution in [0.2, 0.25) is 0 Å². The van der Waals surface area contributed by atoms with E-state index in [4.69, 9.17) is 4.74 Å². The highest BCUT2D eigenvalue weighted by molar-refractivity contribution is 7.89. The SMILES string of the molecule is COC[C@@H]1CN(C)C[C@@]12CCN(S(=O)(=O)c1ccc(C)cc1)C2. The molecule has 2 aliphatic rings. The van der Waals surface area contributed by atoms with Gasteiger partial charge in [0.05, 0.1) is 11.5 Å². The van der Waals surface area contributed by atoms with E-state index in [0.29, 0.717) is 30.5 Å². The molecule has 1 spiro atoms. The molecule has 6 heteroatoms. The molecular weight excluding hydrogens is 312 g/mol. The normalized spacial score (nSPS) is 29.6. The standard InChI is InChI=1S/C17H26N2O3S/c1-14-4-6-16(7-5-14)23(20,21)19-9-8-17(13-19)12-18(2)10-15(17)11-22-3/h4-7,15H,8-13H2,1-3H3/t15-,17+/m0/s1. The lowest BCUT2D eigenvalue weighted by molar-refractivity contribution is 0.101. The molecule has 1 aromatic carbocycles. The second kappa shape index (κ2) is 6.16. The summed E-state index contributed by atoms with van der Waals surface area (Å²) in [6.07, 6.45) is 0.913. The van der Waals surface area contributed by atoms with Gasteiger partial charge in [-0.15, -0.1) is 0 Å². The van der Waals surface area contributed by atoms with Crippen LogP contribution >= 0.6 is 0 Å². The molecule has 5 nitrogen and oxygen atoms in total. The maximum atomic E-state index is 12.9. The van der Waals surface area contributed by atoms with Crippen molar-refractivity contribution in [1.29, 1.82) is 0 Å². The quantitative estimate of drug-likeness (QED) is 0.836. The average molecular weight is 338 g/mol. The first-order valence-corrected chi connectivity index (χ1v) is 9.56. The van der Waals surface area contributed by atoms with E-state index in [0.717, 1.165) is 25.1 Å². The highest BCUT2D eigenvalue weighted by Gasteiger charge is 2.51. The van der Waals surface area contributed by atoms with Crippen LogP contribution in [0.15, 0.2) is 29.2 Å². The van der Waals surface area contributed by atoms with Crippen LogP contribution in [0.25, 0.3) is 0 Å². The summed E-state index contributed by atoms with van der Waals surface area (Å²) in [6.45, 7) is 5.78. The Morgan fingerprint density at radius 3 is 2.61 bits per heavy atom. The van der Waals surface area contributed by atoms with E-state index in [9.17, 15) is 8.42 Å². The van der Waals surface area contributed by atoms with Gasteiger partial charge in [0.1, 0.15) is 0 Å². The van der Waals surface area contributed by atoms with Gasteiger partial charge in [0, 0.05) is 44.6 Å². The summed E-state index contributed by atoms with van der Waals surface area (Å²) in [7, 11) is 0.429. The lowest BCUT2D eigenvalue weighted by Crippen LogP contribution is -2.38. The van der Waals surface area contributed by atoms with Crippen molar-refractivity contribution in [3.63, 3.8) is 0 Å². The minimum atomic E-state index is -3.40. The maximum absolute atomic E-state index is 12.9. The number of nitrogens with zero attached hydrogens (tertiary/aromatic N) is 2. The monoisotopic (exact) mass is 338 g/mol. The van der Waals surface area contributed by atoms with Crippen molar-refractivity contribution < 1.29 is 13.2 Å². The Morgan fingerprint density at radius 2 is 1.96 bits per heavy atom. The van der Waals surface area contributed by atoms with Crippen LogP contribution < -0.4 is 0 Å². The first-order valence-electron chi connectivity index (χ1n) is 8.12. The second-order valence-corrected chi connectivity index (χ2v) is 9.05. The molecule has 3 rings (SSSR count). The molecule has 2 heterocycles. The summed E-state index contributed by atoms with van der Waals surface area (Å²) < 4.78 is 32.9. The van der Waals surface area contributed by atoms with E-state index in [1.807, 2.05) is 19.1 Å². The molecule has 128 valence electrons. The van der Waals surface area contributed by atoms with E-state index in [-0.39, 0.29) is 5.41 Å². The minimum Gasteiger partial charge on any atom is -0.384 e. The van der Waals surface area contributed by atoms with Crippen LogP contribution in [0.1, 0.15) is 12.0 Å². The maximum Gasteiger partial charge on any atom is 0.243 e. The Bertz CT molecular complexity index is 659. The molecule has 0 radical (unpaired) electrons. The van der Waals surface area contributed by atoms with Crippen LogP contribution in [0.3, 0.4) is 0 Å². The summed E-state index contributed by atoms with van der Waals surface area (Å²) in [5.74, 6) is 0.399. The third kappa shape index (κ3) is 3.05. The van der Waals surface area contributed by atoms with Gasteiger partial charge in [-0.3, -0.25) is 0 Å². The molecule has 2 atom stereocenters. The van der Waals surface area contributed by atoms with Gasteiger partial charge in [0.25, 0.3) is 0 Å². The number of hydrogen-bond acceptors (Lipinski definition) is 4. The van der Waals surface area contributed by atoms with E-state index in [1.54, 1.807) is 23.5 Å². The Hall–Kier alpha value is -0.950. The molecule has 2 aliphatic heterocycles. The lowest BCUT2D eigenvalue weighted by Gasteiger charge is -2.30. The summed E-state index contributed by atoms with van der Waals surface area (Å²) >= 11 is 0. The van der Waals surface area contributed by atoms with E-state index >= 15 is 0 Å². The number of aryl methyl sites for hydroxylation is 1. The summed E-state index contributed by atoms with van der Waals surface area (Å²) in [5.41, 5.74) is 1.10. The third-order valence-electron chi connectivity index (χ3n) is 5.36. The first kappa shape index (κ1) is 16.9. The summed E-state index contributed by atoms with van der Waals surface area (Å²) in [5, 5.41) is 0. The highest BCUT2D eigenvalue weighted by Crippen LogP contribution is 2.44. The van der Waals surface area contributed by atoms with Crippen molar-refractivity contribution in [3.8, 4) is 0 Å². The second-order valence-electron chi connectivity index (χ2n) is 7.11. The number of likely N-dealkylation sites (tertiary alicyclic amines) is 1. The largest absolute Gasteiger partial charge is 0.384 e. The summed E-state index contributed by atoms with van der Waals surface area (Å²) in [4.78, 5) is 2.70. The fraction of sp³-hybridized carbons (Fsp3) is 0.647. The van der Waals surface area contributed by atoms with Gasteiger partial charge in [0.2, 0.25) is 10.0 Å². The zero-order valence-corrected chi connectivity index (χ0v) is 15.0.